The highest BCUT2D eigenvalue weighted by Crippen LogP contribution is 2.34. The van der Waals surface area contributed by atoms with Crippen LogP contribution in [-0.2, 0) is 16.2 Å². The largest absolute Gasteiger partial charge is 0.598 e. The van der Waals surface area contributed by atoms with Crippen molar-refractivity contribution in [2.45, 2.75) is 65.7 Å². The highest BCUT2D eigenvalue weighted by molar-refractivity contribution is 7.90. The lowest BCUT2D eigenvalue weighted by Crippen LogP contribution is -2.42. The maximum atomic E-state index is 15.1. The molecule has 0 spiro atoms. The first kappa shape index (κ1) is 23.4. The predicted molar refractivity (Wildman–Crippen MR) is 117 cm³/mol. The summed E-state index contributed by atoms with van der Waals surface area (Å²) in [5, 5.41) is 9.36. The summed E-state index contributed by atoms with van der Waals surface area (Å²) in [6.07, 6.45) is -0.368. The second-order valence-electron chi connectivity index (χ2n) is 8.62. The minimum atomic E-state index is -1.54. The molecule has 2 N–H and O–H groups in total. The average molecular weight is 420 g/mol. The number of rotatable bonds is 6. The average Bonchev–Trinajstić information content (AvgIpc) is 2.54. The Morgan fingerprint density at radius 2 is 1.66 bits per heavy atom. The molecule has 0 saturated carbocycles. The minimum absolute atomic E-state index is 0.222. The minimum Gasteiger partial charge on any atom is -0.598 e. The van der Waals surface area contributed by atoms with E-state index in [2.05, 4.69) is 16.9 Å². The van der Waals surface area contributed by atoms with Gasteiger partial charge in [0.1, 0.15) is 10.6 Å². The Bertz CT molecular complexity index is 898. The van der Waals surface area contributed by atoms with Crippen molar-refractivity contribution >= 4 is 17.3 Å². The Morgan fingerprint density at radius 1 is 1.10 bits per heavy atom. The van der Waals surface area contributed by atoms with E-state index in [4.69, 9.17) is 0 Å². The summed E-state index contributed by atoms with van der Waals surface area (Å²) in [6, 6.07) is 6.71. The second-order valence-corrected chi connectivity index (χ2v) is 10.6. The molecule has 29 heavy (non-hydrogen) atoms. The first-order valence-corrected chi connectivity index (χ1v) is 10.7. The van der Waals surface area contributed by atoms with Crippen molar-refractivity contribution in [1.82, 2.24) is 4.72 Å². The van der Waals surface area contributed by atoms with Gasteiger partial charge >= 0.3 is 5.97 Å². The van der Waals surface area contributed by atoms with Crippen LogP contribution in [0.3, 0.4) is 0 Å². The van der Waals surface area contributed by atoms with Crippen molar-refractivity contribution in [3.8, 4) is 11.1 Å². The molecule has 0 bridgehead atoms. The van der Waals surface area contributed by atoms with Gasteiger partial charge in [-0.1, -0.05) is 17.7 Å². The van der Waals surface area contributed by atoms with E-state index < -0.39 is 33.9 Å². The zero-order valence-electron chi connectivity index (χ0n) is 18.1. The molecule has 0 heterocycles. The number of nitrogens with one attached hydrogen (secondary N) is 1. The molecule has 4 nitrogen and oxygen atoms in total. The second kappa shape index (κ2) is 8.86. The number of hydrogen-bond acceptors (Lipinski definition) is 3. The van der Waals surface area contributed by atoms with Gasteiger partial charge in [-0.2, -0.15) is 0 Å². The van der Waals surface area contributed by atoms with Crippen LogP contribution in [0.4, 0.5) is 4.39 Å². The van der Waals surface area contributed by atoms with Crippen LogP contribution in [0.1, 0.15) is 61.1 Å². The van der Waals surface area contributed by atoms with E-state index in [-0.39, 0.29) is 12.0 Å². The third kappa shape index (κ3) is 5.59. The highest BCUT2D eigenvalue weighted by Gasteiger charge is 2.32. The number of hydrogen-bond donors (Lipinski definition) is 2. The molecule has 158 valence electrons. The molecule has 0 unspecified atom stereocenters. The number of carbonyl (C=O) groups is 1. The quantitative estimate of drug-likeness (QED) is 0.624. The fraction of sp³-hybridized carbons (Fsp3) is 0.435. The molecule has 2 aromatic carbocycles. The maximum Gasteiger partial charge on any atom is 0.305 e. The van der Waals surface area contributed by atoms with Gasteiger partial charge in [0, 0.05) is 16.9 Å². The normalized spacial score (nSPS) is 14.0. The van der Waals surface area contributed by atoms with Gasteiger partial charge in [0.05, 0.1) is 12.5 Å². The van der Waals surface area contributed by atoms with E-state index in [0.717, 1.165) is 27.8 Å². The third-order valence-electron chi connectivity index (χ3n) is 4.81. The molecular weight excluding hydrogens is 389 g/mol. The monoisotopic (exact) mass is 419 g/mol. The summed E-state index contributed by atoms with van der Waals surface area (Å²) in [7, 11) is 0. The van der Waals surface area contributed by atoms with Gasteiger partial charge in [0.2, 0.25) is 0 Å². The Morgan fingerprint density at radius 3 is 2.14 bits per heavy atom. The number of carboxylic acids is 1. The van der Waals surface area contributed by atoms with E-state index in [1.165, 1.54) is 0 Å². The molecular formula is C23H30FNO3S. The third-order valence-corrected chi connectivity index (χ3v) is 6.42. The van der Waals surface area contributed by atoms with Crippen LogP contribution in [-0.4, -0.2) is 20.4 Å². The van der Waals surface area contributed by atoms with Crippen molar-refractivity contribution in [1.29, 1.82) is 0 Å². The van der Waals surface area contributed by atoms with Crippen molar-refractivity contribution in [2.75, 3.05) is 0 Å². The molecule has 0 amide bonds. The van der Waals surface area contributed by atoms with Gasteiger partial charge in [0.15, 0.2) is 0 Å². The molecule has 0 aliphatic carbocycles. The van der Waals surface area contributed by atoms with E-state index in [9.17, 15) is 14.5 Å². The van der Waals surface area contributed by atoms with E-state index in [1.807, 2.05) is 20.8 Å². The van der Waals surface area contributed by atoms with Crippen LogP contribution in [0.2, 0.25) is 0 Å². The lowest BCUT2D eigenvalue weighted by atomic mass is 9.90. The van der Waals surface area contributed by atoms with Crippen molar-refractivity contribution in [3.05, 3.63) is 57.9 Å². The summed E-state index contributed by atoms with van der Waals surface area (Å²) >= 11 is -1.54. The lowest BCUT2D eigenvalue weighted by Gasteiger charge is -2.28. The number of carboxylic acid groups (broad SMARTS) is 1. The number of aliphatic carboxylic acids is 1. The predicted octanol–water partition coefficient (Wildman–Crippen LogP) is 5.29. The van der Waals surface area contributed by atoms with E-state index in [1.54, 1.807) is 39.8 Å². The Labute approximate surface area is 175 Å². The van der Waals surface area contributed by atoms with Crippen LogP contribution in [0.5, 0.6) is 0 Å². The first-order valence-electron chi connectivity index (χ1n) is 9.59. The number of benzene rings is 2. The smallest absolute Gasteiger partial charge is 0.305 e. The summed E-state index contributed by atoms with van der Waals surface area (Å²) in [5.41, 5.74) is 5.77. The van der Waals surface area contributed by atoms with Gasteiger partial charge < -0.3 is 9.66 Å². The lowest BCUT2D eigenvalue weighted by molar-refractivity contribution is -0.137. The first-order chi connectivity index (χ1) is 13.3. The van der Waals surface area contributed by atoms with Gasteiger partial charge in [-0.05, 0) is 88.4 Å². The van der Waals surface area contributed by atoms with Gasteiger partial charge in [-0.15, -0.1) is 4.72 Å². The Kier molecular flexibility index (Phi) is 7.14. The molecule has 0 saturated heterocycles. The summed E-state index contributed by atoms with van der Waals surface area (Å²) in [6.45, 7) is 13.1. The zero-order chi connectivity index (χ0) is 22.1. The molecule has 2 atom stereocenters. The molecule has 2 aromatic rings. The summed E-state index contributed by atoms with van der Waals surface area (Å²) in [4.78, 5) is 11.4. The van der Waals surface area contributed by atoms with Gasteiger partial charge in [-0.3, -0.25) is 4.79 Å². The molecule has 0 aliphatic heterocycles. The zero-order valence-corrected chi connectivity index (χ0v) is 19.0. The van der Waals surface area contributed by atoms with Crippen LogP contribution in [0.25, 0.3) is 11.1 Å². The van der Waals surface area contributed by atoms with Gasteiger partial charge in [0.25, 0.3) is 0 Å². The molecule has 2 rings (SSSR count). The van der Waals surface area contributed by atoms with Crippen LogP contribution in [0.15, 0.2) is 24.3 Å². The van der Waals surface area contributed by atoms with Crippen molar-refractivity contribution in [2.24, 2.45) is 0 Å². The van der Waals surface area contributed by atoms with Crippen LogP contribution >= 0.6 is 0 Å². The standard InChI is InChI=1S/C23H30FNO3S/c1-13-8-14(2)21(15(3)9-13)17-10-16(4)22(24)18(11-17)19(12-20(26)27)25-29(28)23(5,6)7/h8-11,19,25H,12H2,1-7H3,(H,26,27)/t19-,29+/m0/s1. The van der Waals surface area contributed by atoms with Crippen molar-refractivity contribution in [3.63, 3.8) is 0 Å². The SMILES string of the molecule is Cc1cc(C)c(-c2cc(C)c(F)c([C@H](CC(=O)O)N[S@+]([O-])C(C)(C)C)c2)c(C)c1. The number of halogens is 1. The van der Waals surface area contributed by atoms with Crippen LogP contribution < -0.4 is 4.72 Å². The number of aryl methyl sites for hydroxylation is 4. The summed E-state index contributed by atoms with van der Waals surface area (Å²) < 4.78 is 29.9. The van der Waals surface area contributed by atoms with Crippen molar-refractivity contribution < 1.29 is 18.8 Å². The Balaban J connectivity index is 2.62. The molecule has 0 radical (unpaired) electrons. The maximum absolute atomic E-state index is 15.1. The Hall–Kier alpha value is -1.89. The molecule has 0 fully saturated rings. The van der Waals surface area contributed by atoms with Gasteiger partial charge in [-0.25, -0.2) is 4.39 Å². The highest BCUT2D eigenvalue weighted by atomic mass is 32.2. The topological polar surface area (TPSA) is 72.4 Å². The summed E-state index contributed by atoms with van der Waals surface area (Å²) in [5.74, 6) is -1.56. The van der Waals surface area contributed by atoms with Crippen LogP contribution in [0, 0.1) is 33.5 Å². The molecule has 0 aliphatic rings. The fourth-order valence-electron chi connectivity index (χ4n) is 3.53. The van der Waals surface area contributed by atoms with E-state index >= 15 is 4.39 Å². The fourth-order valence-corrected chi connectivity index (χ4v) is 4.35. The molecule has 6 heteroatoms. The van der Waals surface area contributed by atoms with E-state index in [0.29, 0.717) is 5.56 Å². The molecule has 0 aromatic heterocycles.